The molecule has 0 radical (unpaired) electrons. The van der Waals surface area contributed by atoms with Gasteiger partial charge in [-0.1, -0.05) is 36.4 Å². The van der Waals surface area contributed by atoms with E-state index in [2.05, 4.69) is 21.4 Å². The topological polar surface area (TPSA) is 61.6 Å². The second-order valence-electron chi connectivity index (χ2n) is 6.17. The van der Waals surface area contributed by atoms with Gasteiger partial charge in [0.2, 0.25) is 5.95 Å². The first kappa shape index (κ1) is 15.3. The highest BCUT2D eigenvalue weighted by molar-refractivity contribution is 5.70. The molecule has 1 aromatic heterocycles. The minimum absolute atomic E-state index is 0.223. The molecular formula is C20H15FN4. The fourth-order valence-electron chi connectivity index (χ4n) is 3.03. The zero-order valence-electron chi connectivity index (χ0n) is 13.4. The van der Waals surface area contributed by atoms with Crippen LogP contribution in [0.5, 0.6) is 0 Å². The second-order valence-corrected chi connectivity index (χ2v) is 6.17. The van der Waals surface area contributed by atoms with Gasteiger partial charge in [-0.05, 0) is 41.7 Å². The smallest absolute Gasteiger partial charge is 0.223 e. The number of hydrogen-bond donors (Lipinski definition) is 1. The van der Waals surface area contributed by atoms with Crippen LogP contribution in [-0.4, -0.2) is 9.97 Å². The average Bonchev–Trinajstić information content (AvgIpc) is 3.44. The molecule has 4 nitrogen and oxygen atoms in total. The maximum atomic E-state index is 13.2. The van der Waals surface area contributed by atoms with E-state index in [0.717, 1.165) is 29.5 Å². The van der Waals surface area contributed by atoms with Crippen LogP contribution >= 0.6 is 0 Å². The number of aromatic nitrogens is 2. The van der Waals surface area contributed by atoms with Gasteiger partial charge in [-0.25, -0.2) is 14.4 Å². The van der Waals surface area contributed by atoms with Crippen molar-refractivity contribution in [2.24, 2.45) is 0 Å². The summed E-state index contributed by atoms with van der Waals surface area (Å²) in [6.07, 6.45) is 4.96. The summed E-state index contributed by atoms with van der Waals surface area (Å²) in [6, 6.07) is 16.7. The van der Waals surface area contributed by atoms with Gasteiger partial charge in [0.1, 0.15) is 11.9 Å². The highest BCUT2D eigenvalue weighted by Crippen LogP contribution is 2.50. The Balaban J connectivity index is 1.69. The van der Waals surface area contributed by atoms with E-state index in [1.165, 1.54) is 24.5 Å². The molecule has 1 fully saturated rings. The number of hydrogen-bond acceptors (Lipinski definition) is 4. The van der Waals surface area contributed by atoms with Crippen LogP contribution in [0, 0.1) is 17.1 Å². The Morgan fingerprint density at radius 2 is 1.68 bits per heavy atom. The molecule has 1 N–H and O–H groups in total. The SMILES string of the molecule is N#Cc1cnc(NC2(c3ccccc3-c3ccc(F)cc3)CC2)nc1. The Morgan fingerprint density at radius 3 is 2.32 bits per heavy atom. The monoisotopic (exact) mass is 330 g/mol. The molecule has 122 valence electrons. The Morgan fingerprint density at radius 1 is 1.00 bits per heavy atom. The van der Waals surface area contributed by atoms with Crippen LogP contribution in [0.2, 0.25) is 0 Å². The largest absolute Gasteiger partial charge is 0.345 e. The zero-order chi connectivity index (χ0) is 17.3. The quantitative estimate of drug-likeness (QED) is 0.776. The Kier molecular flexibility index (Phi) is 3.66. The Bertz CT molecular complexity index is 939. The van der Waals surface area contributed by atoms with Gasteiger partial charge in [0.25, 0.3) is 0 Å². The molecule has 0 spiro atoms. The molecule has 2 aromatic carbocycles. The molecule has 25 heavy (non-hydrogen) atoms. The molecule has 3 aromatic rings. The number of anilines is 1. The lowest BCUT2D eigenvalue weighted by atomic mass is 9.93. The van der Waals surface area contributed by atoms with Crippen LogP contribution in [0.4, 0.5) is 10.3 Å². The first-order chi connectivity index (χ1) is 12.2. The Labute approximate surface area is 145 Å². The van der Waals surface area contributed by atoms with E-state index in [4.69, 9.17) is 5.26 Å². The van der Waals surface area contributed by atoms with Crippen molar-refractivity contribution in [1.82, 2.24) is 9.97 Å². The Hall–Kier alpha value is -3.26. The van der Waals surface area contributed by atoms with Gasteiger partial charge in [0.05, 0.1) is 23.5 Å². The van der Waals surface area contributed by atoms with Gasteiger partial charge < -0.3 is 5.32 Å². The van der Waals surface area contributed by atoms with Gasteiger partial charge in [-0.3, -0.25) is 0 Å². The molecule has 0 atom stereocenters. The molecule has 1 heterocycles. The second kappa shape index (κ2) is 5.99. The molecule has 0 saturated heterocycles. The lowest BCUT2D eigenvalue weighted by Crippen LogP contribution is -2.21. The maximum absolute atomic E-state index is 13.2. The normalized spacial score (nSPS) is 14.6. The maximum Gasteiger partial charge on any atom is 0.223 e. The third-order valence-electron chi connectivity index (χ3n) is 4.48. The molecule has 1 aliphatic carbocycles. The van der Waals surface area contributed by atoms with Crippen molar-refractivity contribution in [2.75, 3.05) is 5.32 Å². The van der Waals surface area contributed by atoms with Crippen molar-refractivity contribution in [3.63, 3.8) is 0 Å². The summed E-state index contributed by atoms with van der Waals surface area (Å²) in [5.74, 6) is 0.261. The van der Waals surface area contributed by atoms with Gasteiger partial charge in [-0.2, -0.15) is 5.26 Å². The summed E-state index contributed by atoms with van der Waals surface area (Å²) >= 11 is 0. The van der Waals surface area contributed by atoms with E-state index in [-0.39, 0.29) is 11.4 Å². The summed E-state index contributed by atoms with van der Waals surface area (Å²) in [5, 5.41) is 12.3. The summed E-state index contributed by atoms with van der Waals surface area (Å²) in [5.41, 5.74) is 3.41. The molecule has 0 bridgehead atoms. The number of benzene rings is 2. The van der Waals surface area contributed by atoms with Crippen molar-refractivity contribution in [3.8, 4) is 17.2 Å². The van der Waals surface area contributed by atoms with Crippen LogP contribution in [0.3, 0.4) is 0 Å². The van der Waals surface area contributed by atoms with Crippen LogP contribution < -0.4 is 5.32 Å². The van der Waals surface area contributed by atoms with Gasteiger partial charge in [0.15, 0.2) is 0 Å². The number of halogens is 1. The highest BCUT2D eigenvalue weighted by Gasteiger charge is 2.46. The molecular weight excluding hydrogens is 315 g/mol. The average molecular weight is 330 g/mol. The van der Waals surface area contributed by atoms with Crippen molar-refractivity contribution in [3.05, 3.63) is 77.9 Å². The predicted octanol–water partition coefficient (Wildman–Crippen LogP) is 4.26. The van der Waals surface area contributed by atoms with Gasteiger partial charge in [-0.15, -0.1) is 0 Å². The van der Waals surface area contributed by atoms with Crippen molar-refractivity contribution in [2.45, 2.75) is 18.4 Å². The van der Waals surface area contributed by atoms with E-state index in [0.29, 0.717) is 11.5 Å². The summed E-state index contributed by atoms with van der Waals surface area (Å²) in [4.78, 5) is 8.44. The van der Waals surface area contributed by atoms with Crippen LogP contribution in [0.15, 0.2) is 60.9 Å². The molecule has 5 heteroatoms. The van der Waals surface area contributed by atoms with E-state index < -0.39 is 0 Å². The van der Waals surface area contributed by atoms with Crippen LogP contribution in [-0.2, 0) is 5.54 Å². The molecule has 0 amide bonds. The molecule has 0 unspecified atom stereocenters. The lowest BCUT2D eigenvalue weighted by Gasteiger charge is -2.21. The first-order valence-corrected chi connectivity index (χ1v) is 8.06. The number of nitrogens with zero attached hydrogens (tertiary/aromatic N) is 3. The molecule has 1 saturated carbocycles. The van der Waals surface area contributed by atoms with E-state index in [1.807, 2.05) is 24.3 Å². The van der Waals surface area contributed by atoms with Crippen LogP contribution in [0.25, 0.3) is 11.1 Å². The van der Waals surface area contributed by atoms with E-state index in [9.17, 15) is 4.39 Å². The number of nitrogens with one attached hydrogen (secondary N) is 1. The third-order valence-corrected chi connectivity index (χ3v) is 4.48. The fourth-order valence-corrected chi connectivity index (χ4v) is 3.03. The first-order valence-electron chi connectivity index (χ1n) is 8.06. The predicted molar refractivity (Wildman–Crippen MR) is 93.1 cm³/mol. The third kappa shape index (κ3) is 2.94. The summed E-state index contributed by atoms with van der Waals surface area (Å²) < 4.78 is 13.2. The molecule has 4 rings (SSSR count). The van der Waals surface area contributed by atoms with Crippen molar-refractivity contribution in [1.29, 1.82) is 5.26 Å². The minimum Gasteiger partial charge on any atom is -0.345 e. The highest BCUT2D eigenvalue weighted by atomic mass is 19.1. The fraction of sp³-hybridized carbons (Fsp3) is 0.150. The number of rotatable bonds is 4. The van der Waals surface area contributed by atoms with E-state index >= 15 is 0 Å². The van der Waals surface area contributed by atoms with Crippen molar-refractivity contribution < 1.29 is 4.39 Å². The van der Waals surface area contributed by atoms with E-state index in [1.54, 1.807) is 12.1 Å². The number of nitriles is 1. The van der Waals surface area contributed by atoms with Crippen molar-refractivity contribution >= 4 is 5.95 Å². The van der Waals surface area contributed by atoms with Gasteiger partial charge >= 0.3 is 0 Å². The molecule has 0 aliphatic heterocycles. The van der Waals surface area contributed by atoms with Gasteiger partial charge in [0, 0.05) is 0 Å². The minimum atomic E-state index is -0.244. The standard InChI is InChI=1S/C20H15FN4/c21-16-7-5-15(6-8-16)17-3-1-2-4-18(17)20(9-10-20)25-19-23-12-14(11-22)13-24-19/h1-8,12-13H,9-10H2,(H,23,24,25). The summed E-state index contributed by atoms with van der Waals surface area (Å²) in [7, 11) is 0. The van der Waals surface area contributed by atoms with Crippen LogP contribution in [0.1, 0.15) is 24.0 Å². The molecule has 1 aliphatic rings. The zero-order valence-corrected chi connectivity index (χ0v) is 13.4. The summed E-state index contributed by atoms with van der Waals surface area (Å²) in [6.45, 7) is 0. The lowest BCUT2D eigenvalue weighted by molar-refractivity contribution is 0.628.